The van der Waals surface area contributed by atoms with E-state index in [1.807, 2.05) is 0 Å². The molecule has 0 atom stereocenters. The summed E-state index contributed by atoms with van der Waals surface area (Å²) in [5.41, 5.74) is 0. The van der Waals surface area contributed by atoms with E-state index in [2.05, 4.69) is 0 Å². The molecule has 0 aromatic carbocycles. The highest BCUT2D eigenvalue weighted by molar-refractivity contribution is 6.29. The first-order valence-electron chi connectivity index (χ1n) is 5.28. The second-order valence-corrected chi connectivity index (χ2v) is 4.24. The van der Waals surface area contributed by atoms with Crippen LogP contribution in [0.1, 0.15) is 23.4 Å². The van der Waals surface area contributed by atoms with E-state index < -0.39 is 0 Å². The third-order valence-corrected chi connectivity index (χ3v) is 3.05. The van der Waals surface area contributed by atoms with Crippen LogP contribution < -0.4 is 0 Å². The molecule has 2 heterocycles. The minimum atomic E-state index is -0.126. The number of carbonyl (C=O) groups excluding carboxylic acids is 1. The van der Waals surface area contributed by atoms with Crippen LogP contribution in [0.25, 0.3) is 0 Å². The molecule has 0 radical (unpaired) electrons. The van der Waals surface area contributed by atoms with Crippen molar-refractivity contribution in [3.63, 3.8) is 0 Å². The molecular formula is C11H14ClNO3. The van der Waals surface area contributed by atoms with Gasteiger partial charge in [-0.1, -0.05) is 0 Å². The van der Waals surface area contributed by atoms with Gasteiger partial charge in [-0.05, 0) is 36.6 Å². The molecule has 1 fully saturated rings. The number of nitrogens with zero attached hydrogens (tertiary/aromatic N) is 1. The SMILES string of the molecule is CN(C(=O)c1ccc(Cl)o1)C1CCOCC1. The fourth-order valence-electron chi connectivity index (χ4n) is 1.84. The van der Waals surface area contributed by atoms with Crippen LogP contribution in [0.5, 0.6) is 0 Å². The van der Waals surface area contributed by atoms with Crippen molar-refractivity contribution in [1.29, 1.82) is 0 Å². The lowest BCUT2D eigenvalue weighted by molar-refractivity contribution is 0.0345. The van der Waals surface area contributed by atoms with Crippen LogP contribution in [0, 0.1) is 0 Å². The van der Waals surface area contributed by atoms with Gasteiger partial charge < -0.3 is 14.1 Å². The van der Waals surface area contributed by atoms with Crippen molar-refractivity contribution in [1.82, 2.24) is 4.90 Å². The maximum Gasteiger partial charge on any atom is 0.289 e. The first-order chi connectivity index (χ1) is 7.68. The first-order valence-corrected chi connectivity index (χ1v) is 5.66. The van der Waals surface area contributed by atoms with Gasteiger partial charge in [0, 0.05) is 26.3 Å². The van der Waals surface area contributed by atoms with E-state index in [4.69, 9.17) is 20.8 Å². The van der Waals surface area contributed by atoms with Crippen LogP contribution in [0.3, 0.4) is 0 Å². The summed E-state index contributed by atoms with van der Waals surface area (Å²) in [6.07, 6.45) is 1.74. The molecule has 1 amide bonds. The van der Waals surface area contributed by atoms with Gasteiger partial charge in [0.05, 0.1) is 0 Å². The fraction of sp³-hybridized carbons (Fsp3) is 0.545. The molecule has 2 rings (SSSR count). The molecule has 1 aliphatic heterocycles. The molecule has 0 N–H and O–H groups in total. The lowest BCUT2D eigenvalue weighted by Gasteiger charge is -2.30. The van der Waals surface area contributed by atoms with E-state index in [-0.39, 0.29) is 17.2 Å². The standard InChI is InChI=1S/C11H14ClNO3/c1-13(8-4-6-15-7-5-8)11(14)9-2-3-10(12)16-9/h2-3,8H,4-7H2,1H3. The van der Waals surface area contributed by atoms with Crippen molar-refractivity contribution >= 4 is 17.5 Å². The Morgan fingerprint density at radius 2 is 2.12 bits per heavy atom. The van der Waals surface area contributed by atoms with Crippen molar-refractivity contribution in [3.8, 4) is 0 Å². The Hall–Kier alpha value is -1.00. The first kappa shape index (κ1) is 11.5. The lowest BCUT2D eigenvalue weighted by Crippen LogP contribution is -2.40. The molecule has 1 aliphatic rings. The monoisotopic (exact) mass is 243 g/mol. The summed E-state index contributed by atoms with van der Waals surface area (Å²) in [5, 5.41) is 0.240. The summed E-state index contributed by atoms with van der Waals surface area (Å²) < 4.78 is 10.4. The van der Waals surface area contributed by atoms with E-state index >= 15 is 0 Å². The molecule has 1 saturated heterocycles. The minimum absolute atomic E-state index is 0.126. The number of hydrogen-bond acceptors (Lipinski definition) is 3. The topological polar surface area (TPSA) is 42.7 Å². The third kappa shape index (κ3) is 2.39. The molecule has 0 bridgehead atoms. The van der Waals surface area contributed by atoms with Crippen LogP contribution in [-0.2, 0) is 4.74 Å². The predicted octanol–water partition coefficient (Wildman–Crippen LogP) is 2.18. The summed E-state index contributed by atoms with van der Waals surface area (Å²) in [6, 6.07) is 3.40. The van der Waals surface area contributed by atoms with E-state index in [1.54, 1.807) is 24.1 Å². The molecule has 1 aromatic heterocycles. The predicted molar refractivity (Wildman–Crippen MR) is 59.7 cm³/mol. The average Bonchev–Trinajstić information content (AvgIpc) is 2.75. The van der Waals surface area contributed by atoms with Crippen molar-refractivity contribution in [2.24, 2.45) is 0 Å². The Labute approximate surface area is 99.1 Å². The Balaban J connectivity index is 2.03. The largest absolute Gasteiger partial charge is 0.440 e. The zero-order valence-corrected chi connectivity index (χ0v) is 9.87. The van der Waals surface area contributed by atoms with Crippen LogP contribution in [0.4, 0.5) is 0 Å². The number of furan rings is 1. The molecule has 0 unspecified atom stereocenters. The number of hydrogen-bond donors (Lipinski definition) is 0. The summed E-state index contributed by atoms with van der Waals surface area (Å²) in [6.45, 7) is 1.42. The van der Waals surface area contributed by atoms with E-state index in [1.165, 1.54) is 0 Å². The van der Waals surface area contributed by atoms with Gasteiger partial charge in [0.25, 0.3) is 5.91 Å². The van der Waals surface area contributed by atoms with Crippen LogP contribution in [-0.4, -0.2) is 37.1 Å². The maximum atomic E-state index is 12.0. The van der Waals surface area contributed by atoms with Crippen molar-refractivity contribution in [3.05, 3.63) is 23.1 Å². The molecule has 0 aliphatic carbocycles. The Kier molecular flexibility index (Phi) is 3.51. The highest BCUT2D eigenvalue weighted by Gasteiger charge is 2.25. The Morgan fingerprint density at radius 1 is 1.44 bits per heavy atom. The van der Waals surface area contributed by atoms with Gasteiger partial charge in [0.1, 0.15) is 0 Å². The van der Waals surface area contributed by atoms with Crippen molar-refractivity contribution in [2.75, 3.05) is 20.3 Å². The van der Waals surface area contributed by atoms with Gasteiger partial charge in [0.2, 0.25) is 0 Å². The summed E-state index contributed by atoms with van der Waals surface area (Å²) >= 11 is 5.64. The Morgan fingerprint density at radius 3 is 2.69 bits per heavy atom. The number of amides is 1. The number of halogens is 1. The third-order valence-electron chi connectivity index (χ3n) is 2.84. The summed E-state index contributed by atoms with van der Waals surface area (Å²) in [4.78, 5) is 13.7. The van der Waals surface area contributed by atoms with Gasteiger partial charge in [-0.15, -0.1) is 0 Å². The van der Waals surface area contributed by atoms with Crippen molar-refractivity contribution < 1.29 is 13.9 Å². The number of carbonyl (C=O) groups is 1. The van der Waals surface area contributed by atoms with Gasteiger partial charge in [-0.25, -0.2) is 0 Å². The highest BCUT2D eigenvalue weighted by atomic mass is 35.5. The van der Waals surface area contributed by atoms with Crippen LogP contribution >= 0.6 is 11.6 Å². The van der Waals surface area contributed by atoms with Gasteiger partial charge in [0.15, 0.2) is 11.0 Å². The molecule has 4 nitrogen and oxygen atoms in total. The van der Waals surface area contributed by atoms with Gasteiger partial charge >= 0.3 is 0 Å². The van der Waals surface area contributed by atoms with Crippen LogP contribution in [0.15, 0.2) is 16.5 Å². The average molecular weight is 244 g/mol. The van der Waals surface area contributed by atoms with Crippen LogP contribution in [0.2, 0.25) is 5.22 Å². The molecule has 1 aromatic rings. The number of ether oxygens (including phenoxy) is 1. The molecule has 88 valence electrons. The zero-order valence-electron chi connectivity index (χ0n) is 9.11. The second-order valence-electron chi connectivity index (χ2n) is 3.86. The normalized spacial score (nSPS) is 17.4. The molecule has 16 heavy (non-hydrogen) atoms. The molecular weight excluding hydrogens is 230 g/mol. The maximum absolute atomic E-state index is 12.0. The summed E-state index contributed by atoms with van der Waals surface area (Å²) in [5.74, 6) is 0.165. The van der Waals surface area contributed by atoms with E-state index in [0.717, 1.165) is 12.8 Å². The smallest absolute Gasteiger partial charge is 0.289 e. The fourth-order valence-corrected chi connectivity index (χ4v) is 1.99. The van der Waals surface area contributed by atoms with Gasteiger partial charge in [-0.2, -0.15) is 0 Å². The molecule has 5 heteroatoms. The van der Waals surface area contributed by atoms with E-state index in [9.17, 15) is 4.79 Å². The van der Waals surface area contributed by atoms with Crippen molar-refractivity contribution in [2.45, 2.75) is 18.9 Å². The zero-order chi connectivity index (χ0) is 11.5. The second kappa shape index (κ2) is 4.89. The highest BCUT2D eigenvalue weighted by Crippen LogP contribution is 2.18. The molecule has 0 saturated carbocycles. The van der Waals surface area contributed by atoms with E-state index in [0.29, 0.717) is 19.0 Å². The summed E-state index contributed by atoms with van der Waals surface area (Å²) in [7, 11) is 1.79. The number of rotatable bonds is 2. The quantitative estimate of drug-likeness (QED) is 0.800. The van der Waals surface area contributed by atoms with Gasteiger partial charge in [-0.3, -0.25) is 4.79 Å². The molecule has 0 spiro atoms. The lowest BCUT2D eigenvalue weighted by atomic mass is 10.1. The Bertz CT molecular complexity index is 371. The minimum Gasteiger partial charge on any atom is -0.440 e.